The number of nitrogens with zero attached hydrogens (tertiary/aromatic N) is 5. The molecule has 0 aliphatic rings. The molecule has 6 heteroatoms. The van der Waals surface area contributed by atoms with Crippen molar-refractivity contribution in [1.82, 2.24) is 24.6 Å². The van der Waals surface area contributed by atoms with Gasteiger partial charge in [0.2, 0.25) is 0 Å². The minimum absolute atomic E-state index is 0.806. The van der Waals surface area contributed by atoms with Crippen LogP contribution in [0.1, 0.15) is 13.3 Å². The molecule has 96 valence electrons. The van der Waals surface area contributed by atoms with Crippen LogP contribution in [0.5, 0.6) is 0 Å². The first-order chi connectivity index (χ1) is 9.38. The number of aromatic nitrogens is 5. The Kier molecular flexibility index (Phi) is 3.06. The van der Waals surface area contributed by atoms with Crippen molar-refractivity contribution in [3.8, 4) is 11.3 Å². The van der Waals surface area contributed by atoms with E-state index in [0.29, 0.717) is 0 Å². The molecule has 1 N–H and O–H groups in total. The van der Waals surface area contributed by atoms with Crippen LogP contribution in [0.15, 0.2) is 37.1 Å². The van der Waals surface area contributed by atoms with E-state index in [2.05, 4.69) is 32.3 Å². The van der Waals surface area contributed by atoms with Crippen LogP contribution < -0.4 is 5.32 Å². The number of anilines is 1. The van der Waals surface area contributed by atoms with Gasteiger partial charge in [-0.05, 0) is 18.6 Å². The Morgan fingerprint density at radius 1 is 1.16 bits per heavy atom. The summed E-state index contributed by atoms with van der Waals surface area (Å²) in [5, 5.41) is 7.80. The Labute approximate surface area is 110 Å². The highest BCUT2D eigenvalue weighted by Crippen LogP contribution is 2.18. The monoisotopic (exact) mass is 254 g/mol. The molecule has 3 heterocycles. The number of nitrogens with one attached hydrogen (secondary N) is 1. The maximum atomic E-state index is 4.54. The smallest absolute Gasteiger partial charge is 0.154 e. The van der Waals surface area contributed by atoms with Gasteiger partial charge in [-0.15, -0.1) is 5.10 Å². The lowest BCUT2D eigenvalue weighted by Gasteiger charge is -2.05. The van der Waals surface area contributed by atoms with Gasteiger partial charge in [-0.3, -0.25) is 0 Å². The summed E-state index contributed by atoms with van der Waals surface area (Å²) in [6.45, 7) is 3.02. The fraction of sp³-hybridized carbons (Fsp3) is 0.231. The molecule has 6 nitrogen and oxygen atoms in total. The second-order valence-corrected chi connectivity index (χ2v) is 4.19. The van der Waals surface area contributed by atoms with E-state index in [4.69, 9.17) is 0 Å². The molecule has 0 unspecified atom stereocenters. The van der Waals surface area contributed by atoms with E-state index < -0.39 is 0 Å². The van der Waals surface area contributed by atoms with Gasteiger partial charge >= 0.3 is 0 Å². The number of fused-ring (bicyclic) bond motifs is 1. The summed E-state index contributed by atoms with van der Waals surface area (Å²) in [4.78, 5) is 12.4. The molecule has 0 bridgehead atoms. The molecule has 0 aliphatic heterocycles. The molecular weight excluding hydrogens is 240 g/mol. The van der Waals surface area contributed by atoms with Gasteiger partial charge < -0.3 is 5.32 Å². The maximum absolute atomic E-state index is 4.54. The van der Waals surface area contributed by atoms with E-state index in [1.165, 1.54) is 6.33 Å². The first-order valence-electron chi connectivity index (χ1n) is 6.22. The summed E-state index contributed by atoms with van der Waals surface area (Å²) < 4.78 is 1.80. The third-order valence-electron chi connectivity index (χ3n) is 2.77. The molecule has 0 aromatic carbocycles. The third-order valence-corrected chi connectivity index (χ3v) is 2.77. The molecule has 0 atom stereocenters. The van der Waals surface area contributed by atoms with Gasteiger partial charge in [0.25, 0.3) is 0 Å². The van der Waals surface area contributed by atoms with Crippen LogP contribution in [0.4, 0.5) is 5.82 Å². The van der Waals surface area contributed by atoms with Crippen molar-refractivity contribution in [2.24, 2.45) is 0 Å². The molecule has 19 heavy (non-hydrogen) atoms. The van der Waals surface area contributed by atoms with Crippen LogP contribution in [-0.4, -0.2) is 31.1 Å². The average molecular weight is 254 g/mol. The Balaban J connectivity index is 2.05. The van der Waals surface area contributed by atoms with Crippen LogP contribution in [-0.2, 0) is 0 Å². The third kappa shape index (κ3) is 2.24. The van der Waals surface area contributed by atoms with Gasteiger partial charge in [0.1, 0.15) is 12.1 Å². The molecule has 0 aliphatic carbocycles. The Bertz CT molecular complexity index is 676. The lowest BCUT2D eigenvalue weighted by Crippen LogP contribution is -2.05. The molecule has 0 amide bonds. The largest absolute Gasteiger partial charge is 0.369 e. The number of imidazole rings is 1. The van der Waals surface area contributed by atoms with E-state index >= 15 is 0 Å². The van der Waals surface area contributed by atoms with Gasteiger partial charge in [0.05, 0.1) is 11.9 Å². The maximum Gasteiger partial charge on any atom is 0.154 e. The highest BCUT2D eigenvalue weighted by Gasteiger charge is 2.08. The van der Waals surface area contributed by atoms with Crippen molar-refractivity contribution < 1.29 is 0 Å². The zero-order chi connectivity index (χ0) is 13.1. The van der Waals surface area contributed by atoms with Crippen LogP contribution in [0.3, 0.4) is 0 Å². The first kappa shape index (κ1) is 11.6. The van der Waals surface area contributed by atoms with Crippen LogP contribution in [0, 0.1) is 0 Å². The zero-order valence-corrected chi connectivity index (χ0v) is 10.6. The number of hydrogen-bond acceptors (Lipinski definition) is 5. The summed E-state index contributed by atoms with van der Waals surface area (Å²) in [5.74, 6) is 0.838. The van der Waals surface area contributed by atoms with E-state index in [1.807, 2.05) is 12.1 Å². The van der Waals surface area contributed by atoms with Crippen LogP contribution >= 0.6 is 0 Å². The van der Waals surface area contributed by atoms with Crippen molar-refractivity contribution in [2.45, 2.75) is 13.3 Å². The second-order valence-electron chi connectivity index (χ2n) is 4.19. The Morgan fingerprint density at radius 3 is 2.79 bits per heavy atom. The molecule has 0 saturated heterocycles. The van der Waals surface area contributed by atoms with Gasteiger partial charge in [-0.2, -0.15) is 0 Å². The SMILES string of the molecule is CCCNc1ccc2ncc(-c3cncnc3)n2n1. The molecule has 0 fully saturated rings. The summed E-state index contributed by atoms with van der Waals surface area (Å²) in [6.07, 6.45) is 7.86. The Hall–Kier alpha value is -2.50. The minimum atomic E-state index is 0.806. The first-order valence-corrected chi connectivity index (χ1v) is 6.22. The second kappa shape index (κ2) is 5.01. The predicted molar refractivity (Wildman–Crippen MR) is 72.8 cm³/mol. The van der Waals surface area contributed by atoms with Crippen molar-refractivity contribution >= 4 is 11.5 Å². The molecule has 0 saturated carbocycles. The molecule has 3 rings (SSSR count). The topological polar surface area (TPSA) is 68.0 Å². The van der Waals surface area contributed by atoms with Gasteiger partial charge in [0.15, 0.2) is 5.65 Å². The van der Waals surface area contributed by atoms with Gasteiger partial charge in [-0.1, -0.05) is 6.92 Å². The van der Waals surface area contributed by atoms with E-state index in [-0.39, 0.29) is 0 Å². The summed E-state index contributed by atoms with van der Waals surface area (Å²) in [5.41, 5.74) is 2.59. The van der Waals surface area contributed by atoms with Gasteiger partial charge in [-0.25, -0.2) is 19.5 Å². The molecule has 0 radical (unpaired) electrons. The van der Waals surface area contributed by atoms with Gasteiger partial charge in [0, 0.05) is 24.5 Å². The van der Waals surface area contributed by atoms with E-state index in [1.54, 1.807) is 23.1 Å². The lowest BCUT2D eigenvalue weighted by atomic mass is 10.3. The van der Waals surface area contributed by atoms with Crippen molar-refractivity contribution in [3.63, 3.8) is 0 Å². The van der Waals surface area contributed by atoms with Crippen molar-refractivity contribution in [2.75, 3.05) is 11.9 Å². The minimum Gasteiger partial charge on any atom is -0.369 e. The lowest BCUT2D eigenvalue weighted by molar-refractivity contribution is 0.909. The zero-order valence-electron chi connectivity index (χ0n) is 10.6. The van der Waals surface area contributed by atoms with Crippen LogP contribution in [0.2, 0.25) is 0 Å². The fourth-order valence-electron chi connectivity index (χ4n) is 1.85. The highest BCUT2D eigenvalue weighted by atomic mass is 15.3. The molecular formula is C13H14N6. The molecule has 0 spiro atoms. The van der Waals surface area contributed by atoms with Crippen molar-refractivity contribution in [1.29, 1.82) is 0 Å². The van der Waals surface area contributed by atoms with Crippen LogP contribution in [0.25, 0.3) is 16.9 Å². The predicted octanol–water partition coefficient (Wildman–Crippen LogP) is 2.01. The van der Waals surface area contributed by atoms with E-state index in [9.17, 15) is 0 Å². The number of rotatable bonds is 4. The van der Waals surface area contributed by atoms with E-state index in [0.717, 1.165) is 35.7 Å². The summed E-state index contributed by atoms with van der Waals surface area (Å²) in [7, 11) is 0. The summed E-state index contributed by atoms with van der Waals surface area (Å²) >= 11 is 0. The average Bonchev–Trinajstić information content (AvgIpc) is 2.89. The molecule has 3 aromatic rings. The molecule has 3 aromatic heterocycles. The van der Waals surface area contributed by atoms with Crippen molar-refractivity contribution in [3.05, 3.63) is 37.1 Å². The highest BCUT2D eigenvalue weighted by molar-refractivity contribution is 5.61. The quantitative estimate of drug-likeness (QED) is 0.771. The standard InChI is InChI=1S/C13H14N6/c1-2-5-16-12-3-4-13-17-8-11(19(13)18-12)10-6-14-9-15-7-10/h3-4,6-9H,2,5H2,1H3,(H,16,18). The number of hydrogen-bond donors (Lipinski definition) is 1. The normalized spacial score (nSPS) is 10.8. The Morgan fingerprint density at radius 2 is 2.00 bits per heavy atom. The fourth-order valence-corrected chi connectivity index (χ4v) is 1.85. The summed E-state index contributed by atoms with van der Waals surface area (Å²) in [6, 6.07) is 3.88.